The van der Waals surface area contributed by atoms with Crippen LogP contribution in [0.4, 0.5) is 0 Å². The molecule has 0 aromatic heterocycles. The molecule has 0 aliphatic heterocycles. The lowest BCUT2D eigenvalue weighted by Crippen LogP contribution is -2.21. The molecule has 1 aliphatic carbocycles. The molecule has 2 atom stereocenters. The summed E-state index contributed by atoms with van der Waals surface area (Å²) in [5.41, 5.74) is 1.90. The Morgan fingerprint density at radius 1 is 1.29 bits per heavy atom. The first-order valence-corrected chi connectivity index (χ1v) is 6.88. The summed E-state index contributed by atoms with van der Waals surface area (Å²) < 4.78 is 0. The standard InChI is InChI=1S/C16H24O/c1-4-13-9-10-16(17,11-13)15-7-5-14(6-8-15)12(2)3/h5-8,12-13,17H,4,9-11H2,1-3H3. The van der Waals surface area contributed by atoms with Crippen LogP contribution in [0, 0.1) is 5.92 Å². The number of rotatable bonds is 3. The first-order valence-electron chi connectivity index (χ1n) is 6.88. The monoisotopic (exact) mass is 232 g/mol. The molecule has 1 aliphatic rings. The van der Waals surface area contributed by atoms with Gasteiger partial charge in [-0.25, -0.2) is 0 Å². The van der Waals surface area contributed by atoms with Crippen molar-refractivity contribution < 1.29 is 5.11 Å². The minimum atomic E-state index is -0.559. The van der Waals surface area contributed by atoms with Crippen LogP contribution in [0.1, 0.15) is 63.5 Å². The van der Waals surface area contributed by atoms with E-state index in [0.717, 1.165) is 18.4 Å². The summed E-state index contributed by atoms with van der Waals surface area (Å²) in [6.07, 6.45) is 4.21. The fraction of sp³-hybridized carbons (Fsp3) is 0.625. The van der Waals surface area contributed by atoms with Crippen LogP contribution in [0.15, 0.2) is 24.3 Å². The van der Waals surface area contributed by atoms with E-state index < -0.39 is 5.60 Å². The van der Waals surface area contributed by atoms with Gasteiger partial charge in [0.2, 0.25) is 0 Å². The van der Waals surface area contributed by atoms with Crippen molar-refractivity contribution in [3.63, 3.8) is 0 Å². The zero-order valence-electron chi connectivity index (χ0n) is 11.2. The van der Waals surface area contributed by atoms with Crippen molar-refractivity contribution in [2.24, 2.45) is 5.92 Å². The Kier molecular flexibility index (Phi) is 3.58. The molecule has 1 heteroatoms. The molecule has 1 fully saturated rings. The second-order valence-electron chi connectivity index (χ2n) is 5.83. The highest BCUT2D eigenvalue weighted by molar-refractivity contribution is 5.29. The van der Waals surface area contributed by atoms with Crippen LogP contribution in [-0.4, -0.2) is 5.11 Å². The van der Waals surface area contributed by atoms with Crippen molar-refractivity contribution in [3.8, 4) is 0 Å². The first-order chi connectivity index (χ1) is 8.05. The van der Waals surface area contributed by atoms with E-state index >= 15 is 0 Å². The third-order valence-electron chi connectivity index (χ3n) is 4.28. The predicted molar refractivity (Wildman–Crippen MR) is 72.1 cm³/mol. The van der Waals surface area contributed by atoms with Crippen LogP contribution in [0.5, 0.6) is 0 Å². The average Bonchev–Trinajstić information content (AvgIpc) is 2.73. The first kappa shape index (κ1) is 12.6. The normalized spacial score (nSPS) is 28.9. The smallest absolute Gasteiger partial charge is 0.0899 e. The maximum Gasteiger partial charge on any atom is 0.0899 e. The van der Waals surface area contributed by atoms with Gasteiger partial charge in [-0.2, -0.15) is 0 Å². The molecular weight excluding hydrogens is 208 g/mol. The van der Waals surface area contributed by atoms with Gasteiger partial charge in [0.1, 0.15) is 0 Å². The van der Waals surface area contributed by atoms with Crippen molar-refractivity contribution in [2.75, 3.05) is 0 Å². The lowest BCUT2D eigenvalue weighted by molar-refractivity contribution is 0.0398. The van der Waals surface area contributed by atoms with Crippen molar-refractivity contribution in [2.45, 2.75) is 58.0 Å². The summed E-state index contributed by atoms with van der Waals surface area (Å²) in [7, 11) is 0. The van der Waals surface area contributed by atoms with E-state index in [9.17, 15) is 5.11 Å². The maximum atomic E-state index is 10.7. The van der Waals surface area contributed by atoms with Gasteiger partial charge in [-0.15, -0.1) is 0 Å². The number of hydrogen-bond donors (Lipinski definition) is 1. The summed E-state index contributed by atoms with van der Waals surface area (Å²) in [4.78, 5) is 0. The highest BCUT2D eigenvalue weighted by Crippen LogP contribution is 2.43. The second-order valence-corrected chi connectivity index (χ2v) is 5.83. The molecule has 0 heterocycles. The molecule has 2 rings (SSSR count). The third kappa shape index (κ3) is 2.55. The number of benzene rings is 1. The number of hydrogen-bond acceptors (Lipinski definition) is 1. The lowest BCUT2D eigenvalue weighted by Gasteiger charge is -2.24. The molecule has 94 valence electrons. The summed E-state index contributed by atoms with van der Waals surface area (Å²) in [6.45, 7) is 6.62. The largest absolute Gasteiger partial charge is 0.385 e. The Morgan fingerprint density at radius 3 is 2.41 bits per heavy atom. The summed E-state index contributed by atoms with van der Waals surface area (Å²) in [5.74, 6) is 1.26. The molecule has 0 bridgehead atoms. The van der Waals surface area contributed by atoms with Crippen molar-refractivity contribution in [1.29, 1.82) is 0 Å². The fourth-order valence-electron chi connectivity index (χ4n) is 2.91. The highest BCUT2D eigenvalue weighted by Gasteiger charge is 2.37. The Hall–Kier alpha value is -0.820. The molecule has 1 aromatic carbocycles. The molecule has 0 saturated heterocycles. The van der Waals surface area contributed by atoms with E-state index in [1.807, 2.05) is 0 Å². The quantitative estimate of drug-likeness (QED) is 0.827. The third-order valence-corrected chi connectivity index (χ3v) is 4.28. The van der Waals surface area contributed by atoms with Crippen LogP contribution in [-0.2, 0) is 5.60 Å². The Bertz CT molecular complexity index is 366. The summed E-state index contributed by atoms with van der Waals surface area (Å²) >= 11 is 0. The fourth-order valence-corrected chi connectivity index (χ4v) is 2.91. The van der Waals surface area contributed by atoms with Crippen LogP contribution >= 0.6 is 0 Å². The van der Waals surface area contributed by atoms with Crippen molar-refractivity contribution in [3.05, 3.63) is 35.4 Å². The van der Waals surface area contributed by atoms with E-state index in [4.69, 9.17) is 0 Å². The molecule has 0 spiro atoms. The van der Waals surface area contributed by atoms with Crippen LogP contribution < -0.4 is 0 Å². The highest BCUT2D eigenvalue weighted by atomic mass is 16.3. The molecule has 1 saturated carbocycles. The Morgan fingerprint density at radius 2 is 1.94 bits per heavy atom. The van der Waals surface area contributed by atoms with Gasteiger partial charge in [0.15, 0.2) is 0 Å². The minimum Gasteiger partial charge on any atom is -0.385 e. The van der Waals surface area contributed by atoms with E-state index in [1.165, 1.54) is 18.4 Å². The molecule has 1 N–H and O–H groups in total. The van der Waals surface area contributed by atoms with Gasteiger partial charge in [0.05, 0.1) is 5.60 Å². The molecular formula is C16H24O. The van der Waals surface area contributed by atoms with Crippen LogP contribution in [0.2, 0.25) is 0 Å². The summed E-state index contributed by atoms with van der Waals surface area (Å²) in [5, 5.41) is 10.7. The van der Waals surface area contributed by atoms with Gasteiger partial charge in [0.25, 0.3) is 0 Å². The topological polar surface area (TPSA) is 20.2 Å². The van der Waals surface area contributed by atoms with Crippen molar-refractivity contribution in [1.82, 2.24) is 0 Å². The number of aliphatic hydroxyl groups is 1. The minimum absolute atomic E-state index is 0.559. The maximum absolute atomic E-state index is 10.7. The molecule has 0 amide bonds. The summed E-state index contributed by atoms with van der Waals surface area (Å²) in [6, 6.07) is 8.56. The Balaban J connectivity index is 2.17. The molecule has 17 heavy (non-hydrogen) atoms. The molecule has 1 nitrogen and oxygen atoms in total. The van der Waals surface area contributed by atoms with Crippen LogP contribution in [0.3, 0.4) is 0 Å². The Labute approximate surface area is 105 Å². The van der Waals surface area contributed by atoms with E-state index in [2.05, 4.69) is 45.0 Å². The second kappa shape index (κ2) is 4.81. The van der Waals surface area contributed by atoms with Crippen molar-refractivity contribution >= 4 is 0 Å². The molecule has 0 radical (unpaired) electrons. The zero-order chi connectivity index (χ0) is 12.5. The van der Waals surface area contributed by atoms with Gasteiger partial charge < -0.3 is 5.11 Å². The van der Waals surface area contributed by atoms with Gasteiger partial charge in [0, 0.05) is 0 Å². The molecule has 1 aromatic rings. The van der Waals surface area contributed by atoms with E-state index in [0.29, 0.717) is 11.8 Å². The zero-order valence-corrected chi connectivity index (χ0v) is 11.2. The van der Waals surface area contributed by atoms with E-state index in [-0.39, 0.29) is 0 Å². The van der Waals surface area contributed by atoms with Gasteiger partial charge in [-0.1, -0.05) is 51.5 Å². The van der Waals surface area contributed by atoms with Gasteiger partial charge >= 0.3 is 0 Å². The van der Waals surface area contributed by atoms with Gasteiger partial charge in [-0.05, 0) is 42.2 Å². The lowest BCUT2D eigenvalue weighted by atomic mass is 9.89. The average molecular weight is 232 g/mol. The predicted octanol–water partition coefficient (Wildman–Crippen LogP) is 4.21. The van der Waals surface area contributed by atoms with Gasteiger partial charge in [-0.3, -0.25) is 0 Å². The SMILES string of the molecule is CCC1CCC(O)(c2ccc(C(C)C)cc2)C1. The molecule has 2 unspecified atom stereocenters. The van der Waals surface area contributed by atoms with E-state index in [1.54, 1.807) is 0 Å². The van der Waals surface area contributed by atoms with Crippen LogP contribution in [0.25, 0.3) is 0 Å².